The molecule has 0 bridgehead atoms. The smallest absolute Gasteiger partial charge is 0.122 e. The third kappa shape index (κ3) is 2.38. The Labute approximate surface area is 117 Å². The molecule has 1 aromatic rings. The molecular weight excluding hydrogens is 234 g/mol. The van der Waals surface area contributed by atoms with Gasteiger partial charge in [0.05, 0.1) is 7.11 Å². The largest absolute Gasteiger partial charge is 0.496 e. The highest BCUT2D eigenvalue weighted by Crippen LogP contribution is 2.52. The Kier molecular flexibility index (Phi) is 3.42. The van der Waals surface area contributed by atoms with Gasteiger partial charge in [0.25, 0.3) is 0 Å². The molecule has 0 aliphatic heterocycles. The molecule has 1 atom stereocenters. The summed E-state index contributed by atoms with van der Waals surface area (Å²) in [7, 11) is 1.76. The molecule has 0 saturated heterocycles. The van der Waals surface area contributed by atoms with E-state index >= 15 is 0 Å². The van der Waals surface area contributed by atoms with Crippen LogP contribution in [-0.4, -0.2) is 13.2 Å². The van der Waals surface area contributed by atoms with E-state index in [-0.39, 0.29) is 16.9 Å². The molecule has 1 saturated carbocycles. The number of rotatable bonds is 3. The average molecular weight is 261 g/mol. The normalized spacial score (nSPS) is 19.1. The zero-order valence-corrected chi connectivity index (χ0v) is 13.1. The van der Waals surface area contributed by atoms with Gasteiger partial charge in [0, 0.05) is 11.5 Å². The number of nitrogens with two attached hydrogens (primary N) is 1. The van der Waals surface area contributed by atoms with Crippen LogP contribution in [0.3, 0.4) is 0 Å². The Balaban J connectivity index is 2.55. The lowest BCUT2D eigenvalue weighted by Crippen LogP contribution is -2.32. The fourth-order valence-electron chi connectivity index (χ4n) is 3.08. The van der Waals surface area contributed by atoms with Crippen LogP contribution in [0.15, 0.2) is 12.1 Å². The highest BCUT2D eigenvalue weighted by Gasteiger charge is 2.48. The minimum absolute atomic E-state index is 0.0969. The molecule has 1 aliphatic rings. The summed E-state index contributed by atoms with van der Waals surface area (Å²) in [6.45, 7) is 11.0. The summed E-state index contributed by atoms with van der Waals surface area (Å²) in [6.07, 6.45) is 2.40. The summed E-state index contributed by atoms with van der Waals surface area (Å²) >= 11 is 0. The van der Waals surface area contributed by atoms with Crippen molar-refractivity contribution >= 4 is 0 Å². The summed E-state index contributed by atoms with van der Waals surface area (Å²) < 4.78 is 5.63. The molecule has 19 heavy (non-hydrogen) atoms. The van der Waals surface area contributed by atoms with Gasteiger partial charge in [-0.1, -0.05) is 26.8 Å². The second-order valence-corrected chi connectivity index (χ2v) is 7.06. The Morgan fingerprint density at radius 2 is 1.84 bits per heavy atom. The van der Waals surface area contributed by atoms with E-state index in [2.05, 4.69) is 46.8 Å². The predicted octanol–water partition coefficient (Wildman–Crippen LogP) is 3.68. The van der Waals surface area contributed by atoms with Crippen molar-refractivity contribution < 1.29 is 4.74 Å². The first-order valence-electron chi connectivity index (χ1n) is 7.17. The molecule has 1 aromatic carbocycles. The van der Waals surface area contributed by atoms with Crippen molar-refractivity contribution in [1.29, 1.82) is 0 Å². The number of hydrogen-bond donors (Lipinski definition) is 1. The average Bonchev–Trinajstić information content (AvgIpc) is 3.08. The quantitative estimate of drug-likeness (QED) is 0.901. The third-order valence-electron chi connectivity index (χ3n) is 4.55. The van der Waals surface area contributed by atoms with Gasteiger partial charge in [0.15, 0.2) is 0 Å². The summed E-state index contributed by atoms with van der Waals surface area (Å²) in [5.74, 6) is 1.00. The first kappa shape index (κ1) is 14.4. The first-order chi connectivity index (χ1) is 8.72. The molecule has 0 aromatic heterocycles. The van der Waals surface area contributed by atoms with E-state index in [9.17, 15) is 0 Å². The van der Waals surface area contributed by atoms with Crippen LogP contribution >= 0.6 is 0 Å². The molecule has 1 unspecified atom stereocenters. The van der Waals surface area contributed by atoms with Gasteiger partial charge in [-0.2, -0.15) is 0 Å². The maximum Gasteiger partial charge on any atom is 0.122 e. The molecule has 1 aliphatic carbocycles. The first-order valence-corrected chi connectivity index (χ1v) is 7.17. The second-order valence-electron chi connectivity index (χ2n) is 7.06. The molecule has 1 fully saturated rings. The van der Waals surface area contributed by atoms with E-state index in [0.717, 1.165) is 5.75 Å². The van der Waals surface area contributed by atoms with Gasteiger partial charge in [-0.05, 0) is 54.9 Å². The van der Waals surface area contributed by atoms with Gasteiger partial charge < -0.3 is 10.5 Å². The topological polar surface area (TPSA) is 35.2 Å². The highest BCUT2D eigenvalue weighted by atomic mass is 16.5. The number of methoxy groups -OCH3 is 1. The van der Waals surface area contributed by atoms with E-state index in [4.69, 9.17) is 10.5 Å². The summed E-state index contributed by atoms with van der Waals surface area (Å²) in [5.41, 5.74) is 10.5. The zero-order valence-electron chi connectivity index (χ0n) is 13.1. The van der Waals surface area contributed by atoms with Crippen molar-refractivity contribution in [2.45, 2.75) is 64.3 Å². The molecule has 0 heterocycles. The molecular formula is C17H27NO. The zero-order chi connectivity index (χ0) is 14.4. The maximum absolute atomic E-state index is 6.21. The van der Waals surface area contributed by atoms with Gasteiger partial charge in [0.1, 0.15) is 5.75 Å². The highest BCUT2D eigenvalue weighted by molar-refractivity contribution is 5.50. The second kappa shape index (κ2) is 4.52. The Bertz CT molecular complexity index is 479. The van der Waals surface area contributed by atoms with Crippen molar-refractivity contribution in [3.8, 4) is 5.75 Å². The van der Waals surface area contributed by atoms with Crippen LogP contribution in [0.4, 0.5) is 0 Å². The van der Waals surface area contributed by atoms with E-state index in [1.165, 1.54) is 29.5 Å². The lowest BCUT2D eigenvalue weighted by molar-refractivity contribution is 0.395. The van der Waals surface area contributed by atoms with Gasteiger partial charge >= 0.3 is 0 Å². The van der Waals surface area contributed by atoms with E-state index < -0.39 is 0 Å². The lowest BCUT2D eigenvalue weighted by atomic mass is 9.80. The number of ether oxygens (including phenoxy) is 1. The third-order valence-corrected chi connectivity index (χ3v) is 4.55. The number of benzene rings is 1. The van der Waals surface area contributed by atoms with Crippen molar-refractivity contribution in [2.75, 3.05) is 7.11 Å². The molecule has 2 N–H and O–H groups in total. The predicted molar refractivity (Wildman–Crippen MR) is 81.0 cm³/mol. The summed E-state index contributed by atoms with van der Waals surface area (Å²) in [5, 5.41) is 0. The minimum atomic E-state index is 0.0969. The van der Waals surface area contributed by atoms with Crippen LogP contribution in [-0.2, 0) is 10.8 Å². The van der Waals surface area contributed by atoms with Gasteiger partial charge in [-0.3, -0.25) is 0 Å². The molecule has 106 valence electrons. The standard InChI is InChI=1S/C17H27NO/c1-11-9-14(16(3,4)5)15(19-6)10-13(11)17(7-8-17)12(2)18/h9-10,12H,7-8,18H2,1-6H3. The molecule has 2 nitrogen and oxygen atoms in total. The van der Waals surface area contributed by atoms with Crippen LogP contribution < -0.4 is 10.5 Å². The van der Waals surface area contributed by atoms with Crippen molar-refractivity contribution in [3.63, 3.8) is 0 Å². The van der Waals surface area contributed by atoms with Gasteiger partial charge in [0.2, 0.25) is 0 Å². The summed E-state index contributed by atoms with van der Waals surface area (Å²) in [6, 6.07) is 4.72. The Morgan fingerprint density at radius 3 is 2.21 bits per heavy atom. The van der Waals surface area contributed by atoms with Crippen LogP contribution in [0.25, 0.3) is 0 Å². The van der Waals surface area contributed by atoms with E-state index in [0.29, 0.717) is 0 Å². The van der Waals surface area contributed by atoms with Crippen molar-refractivity contribution in [3.05, 3.63) is 28.8 Å². The molecule has 0 radical (unpaired) electrons. The van der Waals surface area contributed by atoms with Crippen molar-refractivity contribution in [2.24, 2.45) is 5.73 Å². The van der Waals surface area contributed by atoms with E-state index in [1.807, 2.05) is 0 Å². The van der Waals surface area contributed by atoms with Crippen LogP contribution in [0.5, 0.6) is 5.75 Å². The van der Waals surface area contributed by atoms with Gasteiger partial charge in [-0.15, -0.1) is 0 Å². The van der Waals surface area contributed by atoms with Crippen molar-refractivity contribution in [1.82, 2.24) is 0 Å². The Morgan fingerprint density at radius 1 is 1.26 bits per heavy atom. The molecule has 0 spiro atoms. The van der Waals surface area contributed by atoms with Gasteiger partial charge in [-0.25, -0.2) is 0 Å². The molecule has 0 amide bonds. The minimum Gasteiger partial charge on any atom is -0.496 e. The molecule has 2 rings (SSSR count). The molecule has 2 heteroatoms. The fraction of sp³-hybridized carbons (Fsp3) is 0.647. The maximum atomic E-state index is 6.21. The van der Waals surface area contributed by atoms with Crippen LogP contribution in [0, 0.1) is 6.92 Å². The van der Waals surface area contributed by atoms with Crippen LogP contribution in [0.1, 0.15) is 57.2 Å². The summed E-state index contributed by atoms with van der Waals surface area (Å²) in [4.78, 5) is 0. The SMILES string of the molecule is COc1cc(C2(C(C)N)CC2)c(C)cc1C(C)(C)C. The monoisotopic (exact) mass is 261 g/mol. The lowest BCUT2D eigenvalue weighted by Gasteiger charge is -2.28. The number of aryl methyl sites for hydroxylation is 1. The Hall–Kier alpha value is -1.02. The fourth-order valence-corrected chi connectivity index (χ4v) is 3.08. The number of hydrogen-bond acceptors (Lipinski definition) is 2. The van der Waals surface area contributed by atoms with Crippen LogP contribution in [0.2, 0.25) is 0 Å². The van der Waals surface area contributed by atoms with E-state index in [1.54, 1.807) is 7.11 Å².